The van der Waals surface area contributed by atoms with Crippen LogP contribution < -0.4 is 4.74 Å². The van der Waals surface area contributed by atoms with Gasteiger partial charge < -0.3 is 14.0 Å². The first-order chi connectivity index (χ1) is 16.0. The molecule has 0 N–H and O–H groups in total. The van der Waals surface area contributed by atoms with Crippen LogP contribution in [0.25, 0.3) is 11.4 Å². The molecule has 1 aromatic carbocycles. The highest BCUT2D eigenvalue weighted by Crippen LogP contribution is 2.28. The molecule has 3 heterocycles. The largest absolute Gasteiger partial charge is 0.493 e. The molecule has 10 nitrogen and oxygen atoms in total. The van der Waals surface area contributed by atoms with Gasteiger partial charge in [-0.1, -0.05) is 17.3 Å². The lowest BCUT2D eigenvalue weighted by Crippen LogP contribution is -2.40. The molecule has 174 valence electrons. The molecule has 33 heavy (non-hydrogen) atoms. The second-order valence-electron chi connectivity index (χ2n) is 7.42. The van der Waals surface area contributed by atoms with E-state index in [9.17, 15) is 13.2 Å². The van der Waals surface area contributed by atoms with Crippen LogP contribution in [-0.2, 0) is 26.2 Å². The lowest BCUT2D eigenvalue weighted by molar-refractivity contribution is -0.152. The Morgan fingerprint density at radius 1 is 1.18 bits per heavy atom. The first-order valence-corrected chi connectivity index (χ1v) is 12.0. The molecule has 3 aromatic rings. The number of hydrogen-bond donors (Lipinski definition) is 0. The van der Waals surface area contributed by atoms with Gasteiger partial charge in [0.15, 0.2) is 6.61 Å². The summed E-state index contributed by atoms with van der Waals surface area (Å²) < 4.78 is 42.9. The van der Waals surface area contributed by atoms with E-state index < -0.39 is 21.9 Å². The van der Waals surface area contributed by atoms with Gasteiger partial charge in [0.2, 0.25) is 15.8 Å². The maximum absolute atomic E-state index is 12.7. The summed E-state index contributed by atoms with van der Waals surface area (Å²) in [5, 5.41) is 3.95. The predicted octanol–water partition coefficient (Wildman–Crippen LogP) is 2.67. The Morgan fingerprint density at radius 3 is 2.70 bits per heavy atom. The molecular formula is C22H24N4O6S. The van der Waals surface area contributed by atoms with Crippen LogP contribution in [0.2, 0.25) is 0 Å². The highest BCUT2D eigenvalue weighted by molar-refractivity contribution is 7.89. The van der Waals surface area contributed by atoms with Crippen molar-refractivity contribution in [3.63, 3.8) is 0 Å². The maximum Gasteiger partial charge on any atom is 0.309 e. The molecule has 11 heteroatoms. The van der Waals surface area contributed by atoms with Gasteiger partial charge in [0, 0.05) is 25.5 Å². The van der Waals surface area contributed by atoms with Gasteiger partial charge in [-0.25, -0.2) is 8.42 Å². The fourth-order valence-corrected chi connectivity index (χ4v) is 5.02. The van der Waals surface area contributed by atoms with E-state index in [1.54, 1.807) is 6.07 Å². The summed E-state index contributed by atoms with van der Waals surface area (Å²) in [4.78, 5) is 20.8. The van der Waals surface area contributed by atoms with Crippen molar-refractivity contribution in [2.45, 2.75) is 31.3 Å². The molecule has 1 fully saturated rings. The fourth-order valence-electron chi connectivity index (χ4n) is 3.59. The van der Waals surface area contributed by atoms with Gasteiger partial charge in [-0.3, -0.25) is 9.78 Å². The van der Waals surface area contributed by atoms with Gasteiger partial charge in [-0.2, -0.15) is 9.29 Å². The third-order valence-electron chi connectivity index (χ3n) is 5.29. The quantitative estimate of drug-likeness (QED) is 0.455. The van der Waals surface area contributed by atoms with Gasteiger partial charge in [0.1, 0.15) is 10.6 Å². The number of hydrogen-bond acceptors (Lipinski definition) is 9. The molecular weight excluding hydrogens is 448 g/mol. The van der Waals surface area contributed by atoms with E-state index in [1.165, 1.54) is 22.8 Å². The van der Waals surface area contributed by atoms with Crippen LogP contribution in [0.1, 0.15) is 25.7 Å². The van der Waals surface area contributed by atoms with E-state index in [2.05, 4.69) is 15.1 Å². The van der Waals surface area contributed by atoms with Gasteiger partial charge in [0.05, 0.1) is 18.1 Å². The Balaban J connectivity index is 1.31. The molecule has 0 bridgehead atoms. The van der Waals surface area contributed by atoms with Gasteiger partial charge in [-0.15, -0.1) is 0 Å². The van der Waals surface area contributed by atoms with Crippen molar-refractivity contribution in [2.75, 3.05) is 19.7 Å². The number of aromatic nitrogens is 3. The standard InChI is InChI=1S/C22H24N4O6S/c1-2-30-19-8-4-3-7-18(19)21-24-20(32-25-21)15-31-22(27)16-9-12-26(13-10-16)33(28,29)17-6-5-11-23-14-17/h3-8,11,14,16H,2,9-10,12-13,15H2,1H3. The molecule has 2 aromatic heterocycles. The Hall–Kier alpha value is -3.31. The molecule has 0 atom stereocenters. The van der Waals surface area contributed by atoms with Crippen LogP contribution in [-0.4, -0.2) is 53.5 Å². The number of piperidine rings is 1. The highest BCUT2D eigenvalue weighted by atomic mass is 32.2. The van der Waals surface area contributed by atoms with E-state index >= 15 is 0 Å². The average molecular weight is 473 g/mol. The number of carbonyl (C=O) groups is 1. The number of para-hydroxylation sites is 1. The van der Waals surface area contributed by atoms with Crippen molar-refractivity contribution in [3.8, 4) is 17.1 Å². The molecule has 4 rings (SSSR count). The van der Waals surface area contributed by atoms with Crippen LogP contribution in [0, 0.1) is 5.92 Å². The number of benzene rings is 1. The SMILES string of the molecule is CCOc1ccccc1-c1noc(COC(=O)C2CCN(S(=O)(=O)c3cccnc3)CC2)n1. The molecule has 0 amide bonds. The number of nitrogens with zero attached hydrogens (tertiary/aromatic N) is 4. The second-order valence-corrected chi connectivity index (χ2v) is 9.35. The zero-order chi connectivity index (χ0) is 23.3. The van der Waals surface area contributed by atoms with E-state index in [1.807, 2.05) is 31.2 Å². The third kappa shape index (κ3) is 5.20. The van der Waals surface area contributed by atoms with Crippen LogP contribution in [0.3, 0.4) is 0 Å². The van der Waals surface area contributed by atoms with E-state index in [0.717, 1.165) is 0 Å². The first-order valence-electron chi connectivity index (χ1n) is 10.6. The Labute approximate surface area is 191 Å². The van der Waals surface area contributed by atoms with Gasteiger partial charge in [-0.05, 0) is 44.0 Å². The molecule has 1 saturated heterocycles. The van der Waals surface area contributed by atoms with Crippen molar-refractivity contribution < 1.29 is 27.2 Å². The summed E-state index contributed by atoms with van der Waals surface area (Å²) >= 11 is 0. The number of esters is 1. The van der Waals surface area contributed by atoms with E-state index in [-0.39, 0.29) is 30.5 Å². The zero-order valence-electron chi connectivity index (χ0n) is 18.1. The summed E-state index contributed by atoms with van der Waals surface area (Å²) in [7, 11) is -3.62. The van der Waals surface area contributed by atoms with E-state index in [0.29, 0.717) is 36.6 Å². The number of pyridine rings is 1. The second kappa shape index (κ2) is 10.1. The van der Waals surface area contributed by atoms with Crippen molar-refractivity contribution in [2.24, 2.45) is 5.92 Å². The Bertz CT molecular complexity index is 1190. The van der Waals surface area contributed by atoms with E-state index in [4.69, 9.17) is 14.0 Å². The van der Waals surface area contributed by atoms with Gasteiger partial charge >= 0.3 is 5.97 Å². The Kier molecular flexibility index (Phi) is 6.99. The predicted molar refractivity (Wildman–Crippen MR) is 116 cm³/mol. The molecule has 1 aliphatic rings. The minimum Gasteiger partial charge on any atom is -0.493 e. The highest BCUT2D eigenvalue weighted by Gasteiger charge is 2.33. The van der Waals surface area contributed by atoms with Crippen molar-refractivity contribution in [1.29, 1.82) is 0 Å². The van der Waals surface area contributed by atoms with Crippen molar-refractivity contribution >= 4 is 16.0 Å². The average Bonchev–Trinajstić information content (AvgIpc) is 3.32. The minimum absolute atomic E-state index is 0.143. The fraction of sp³-hybridized carbons (Fsp3) is 0.364. The first kappa shape index (κ1) is 22.9. The number of rotatable bonds is 8. The minimum atomic E-state index is -3.62. The monoisotopic (exact) mass is 472 g/mol. The van der Waals surface area contributed by atoms with Crippen LogP contribution in [0.5, 0.6) is 5.75 Å². The van der Waals surface area contributed by atoms with Crippen LogP contribution >= 0.6 is 0 Å². The molecule has 0 unspecified atom stereocenters. The number of sulfonamides is 1. The van der Waals surface area contributed by atoms with Gasteiger partial charge in [0.25, 0.3) is 5.89 Å². The summed E-state index contributed by atoms with van der Waals surface area (Å²) in [5.41, 5.74) is 0.683. The lowest BCUT2D eigenvalue weighted by atomic mass is 9.98. The topological polar surface area (TPSA) is 125 Å². The van der Waals surface area contributed by atoms with Crippen LogP contribution in [0.4, 0.5) is 0 Å². The lowest BCUT2D eigenvalue weighted by Gasteiger charge is -2.29. The van der Waals surface area contributed by atoms with Crippen molar-refractivity contribution in [1.82, 2.24) is 19.4 Å². The summed E-state index contributed by atoms with van der Waals surface area (Å²) in [6.07, 6.45) is 3.58. The smallest absolute Gasteiger partial charge is 0.309 e. The molecule has 0 spiro atoms. The Morgan fingerprint density at radius 2 is 1.97 bits per heavy atom. The van der Waals surface area contributed by atoms with Crippen LogP contribution in [0.15, 0.2) is 58.2 Å². The normalized spacial score (nSPS) is 15.3. The molecule has 0 aliphatic carbocycles. The third-order valence-corrected chi connectivity index (χ3v) is 7.18. The number of ether oxygens (including phenoxy) is 2. The summed E-state index contributed by atoms with van der Waals surface area (Å²) in [5.74, 6) is 0.340. The van der Waals surface area contributed by atoms with Crippen molar-refractivity contribution in [3.05, 3.63) is 54.7 Å². The summed E-state index contributed by atoms with van der Waals surface area (Å²) in [6, 6.07) is 10.4. The zero-order valence-corrected chi connectivity index (χ0v) is 18.9. The summed E-state index contributed by atoms with van der Waals surface area (Å²) in [6.45, 7) is 2.70. The molecule has 1 aliphatic heterocycles. The maximum atomic E-state index is 12.7. The molecule has 0 radical (unpaired) electrons. The molecule has 0 saturated carbocycles. The number of carbonyl (C=O) groups excluding carboxylic acids is 1.